The van der Waals surface area contributed by atoms with Crippen molar-refractivity contribution in [3.63, 3.8) is 0 Å². The number of rotatable bonds is 13. The summed E-state index contributed by atoms with van der Waals surface area (Å²) in [5.74, 6) is -0.314. The molecule has 0 saturated carbocycles. The summed E-state index contributed by atoms with van der Waals surface area (Å²) in [6.07, 6.45) is 0. The van der Waals surface area contributed by atoms with Crippen LogP contribution in [0.5, 0.6) is 0 Å². The standard InChI is InChI=1S/C44H43N2O5/c1-5-45(6-2)35-21-23-38-41(28-35)51-40-24-22-34(46(29-32-15-9-7-10-16-32)30-33-17-11-8-12-18-33)27-39(40)42(38)36-19-13-14-20-37(36)44(48)50-26-25-49-43(47)31(3)4/h7-24,27-28H,3,5-6,25-26,29-30H2,1-2,4H3/q+1. The molecule has 1 heterocycles. The molecule has 7 heteroatoms. The highest BCUT2D eigenvalue weighted by molar-refractivity contribution is 6.08. The fourth-order valence-corrected chi connectivity index (χ4v) is 6.34. The lowest BCUT2D eigenvalue weighted by molar-refractivity contribution is -0.140. The summed E-state index contributed by atoms with van der Waals surface area (Å²) in [6.45, 7) is 12.4. The molecule has 0 bridgehead atoms. The van der Waals surface area contributed by atoms with Gasteiger partial charge in [-0.1, -0.05) is 85.4 Å². The van der Waals surface area contributed by atoms with Gasteiger partial charge in [0.1, 0.15) is 37.6 Å². The zero-order valence-electron chi connectivity index (χ0n) is 29.4. The third-order valence-electron chi connectivity index (χ3n) is 8.93. The van der Waals surface area contributed by atoms with Crippen molar-refractivity contribution in [1.82, 2.24) is 4.58 Å². The van der Waals surface area contributed by atoms with Crippen LogP contribution in [0.2, 0.25) is 0 Å². The molecule has 4 aromatic rings. The van der Waals surface area contributed by atoms with Crippen LogP contribution in [0.1, 0.15) is 42.3 Å². The van der Waals surface area contributed by atoms with Gasteiger partial charge in [0.05, 0.1) is 11.6 Å². The summed E-state index contributed by atoms with van der Waals surface area (Å²) < 4.78 is 19.7. The van der Waals surface area contributed by atoms with Crippen LogP contribution in [-0.4, -0.2) is 38.2 Å². The molecule has 0 atom stereocenters. The van der Waals surface area contributed by atoms with Gasteiger partial charge in [0.2, 0.25) is 5.36 Å². The first-order valence-electron chi connectivity index (χ1n) is 17.4. The van der Waals surface area contributed by atoms with Crippen LogP contribution in [0, 0.1) is 0 Å². The third-order valence-corrected chi connectivity index (χ3v) is 8.93. The Hall–Kier alpha value is -5.95. The fourth-order valence-electron chi connectivity index (χ4n) is 6.34. The van der Waals surface area contributed by atoms with Gasteiger partial charge < -0.3 is 18.8 Å². The number of hydrogen-bond acceptors (Lipinski definition) is 6. The first-order valence-corrected chi connectivity index (χ1v) is 17.4. The number of anilines is 1. The van der Waals surface area contributed by atoms with Crippen molar-refractivity contribution < 1.29 is 23.5 Å². The maximum absolute atomic E-state index is 13.7. The average molecular weight is 680 g/mol. The average Bonchev–Trinajstić information content (AvgIpc) is 3.16. The van der Waals surface area contributed by atoms with Crippen LogP contribution >= 0.6 is 0 Å². The Balaban J connectivity index is 1.51. The molecular formula is C44H43N2O5+. The lowest BCUT2D eigenvalue weighted by Gasteiger charge is -2.26. The molecule has 4 aromatic carbocycles. The van der Waals surface area contributed by atoms with Gasteiger partial charge in [0.25, 0.3) is 0 Å². The van der Waals surface area contributed by atoms with Crippen molar-refractivity contribution >= 4 is 28.6 Å². The molecule has 0 amide bonds. The maximum atomic E-state index is 13.7. The summed E-state index contributed by atoms with van der Waals surface area (Å²) in [4.78, 5) is 27.9. The Morgan fingerprint density at radius 1 is 0.725 bits per heavy atom. The zero-order chi connectivity index (χ0) is 35.7. The van der Waals surface area contributed by atoms with Gasteiger partial charge in [-0.2, -0.15) is 0 Å². The molecule has 2 aliphatic rings. The lowest BCUT2D eigenvalue weighted by atomic mass is 9.90. The molecular weight excluding hydrogens is 636 g/mol. The molecule has 6 rings (SSSR count). The molecule has 7 nitrogen and oxygen atoms in total. The Bertz CT molecular complexity index is 2160. The topological polar surface area (TPSA) is 72.0 Å². The SMILES string of the molecule is C=C(C)C(=O)OCCOC(=O)c1ccccc1-c1c2ccc(=[N+](CC)CC)cc-2oc2ccc(N(Cc3ccccc3)Cc3ccccc3)cc12. The van der Waals surface area contributed by atoms with E-state index in [2.05, 4.69) is 109 Å². The molecule has 0 radical (unpaired) electrons. The number of esters is 2. The van der Waals surface area contributed by atoms with Crippen LogP contribution in [0.3, 0.4) is 0 Å². The Kier molecular flexibility index (Phi) is 11.1. The highest BCUT2D eigenvalue weighted by atomic mass is 16.6. The Labute approximate surface area is 299 Å². The molecule has 0 aromatic heterocycles. The summed E-state index contributed by atoms with van der Waals surface area (Å²) in [5, 5.41) is 1.93. The first-order chi connectivity index (χ1) is 24.9. The van der Waals surface area contributed by atoms with Crippen molar-refractivity contribution in [1.29, 1.82) is 0 Å². The summed E-state index contributed by atoms with van der Waals surface area (Å²) in [6, 6.07) is 40.9. The van der Waals surface area contributed by atoms with E-state index in [0.717, 1.165) is 52.0 Å². The van der Waals surface area contributed by atoms with Gasteiger partial charge in [-0.05, 0) is 67.8 Å². The van der Waals surface area contributed by atoms with Gasteiger partial charge in [-0.15, -0.1) is 0 Å². The molecule has 1 aliphatic carbocycles. The monoisotopic (exact) mass is 679 g/mol. The number of hydrogen-bond donors (Lipinski definition) is 0. The molecule has 1 aliphatic heterocycles. The molecule has 0 unspecified atom stereocenters. The van der Waals surface area contributed by atoms with Crippen LogP contribution in [0.15, 0.2) is 138 Å². The highest BCUT2D eigenvalue weighted by Gasteiger charge is 2.24. The third kappa shape index (κ3) is 8.10. The quantitative estimate of drug-likeness (QED) is 0.0401. The smallest absolute Gasteiger partial charge is 0.338 e. The van der Waals surface area contributed by atoms with Gasteiger partial charge in [-0.25, -0.2) is 14.2 Å². The predicted molar refractivity (Wildman–Crippen MR) is 203 cm³/mol. The van der Waals surface area contributed by atoms with Crippen LogP contribution in [-0.2, 0) is 27.4 Å². The van der Waals surface area contributed by atoms with E-state index in [1.807, 2.05) is 36.4 Å². The van der Waals surface area contributed by atoms with E-state index in [1.54, 1.807) is 13.0 Å². The minimum absolute atomic E-state index is 0.0637. The second-order valence-corrected chi connectivity index (χ2v) is 12.4. The first kappa shape index (κ1) is 34.9. The number of ether oxygens (including phenoxy) is 2. The molecule has 0 saturated heterocycles. The summed E-state index contributed by atoms with van der Waals surface area (Å²) >= 11 is 0. The van der Waals surface area contributed by atoms with Crippen LogP contribution in [0.4, 0.5) is 5.69 Å². The van der Waals surface area contributed by atoms with E-state index < -0.39 is 11.9 Å². The summed E-state index contributed by atoms with van der Waals surface area (Å²) in [5.41, 5.74) is 7.28. The molecule has 51 heavy (non-hydrogen) atoms. The van der Waals surface area contributed by atoms with E-state index >= 15 is 0 Å². The zero-order valence-corrected chi connectivity index (χ0v) is 29.4. The predicted octanol–water partition coefficient (Wildman–Crippen LogP) is 8.50. The van der Waals surface area contributed by atoms with Crippen molar-refractivity contribution in [2.45, 2.75) is 33.9 Å². The number of carbonyl (C=O) groups is 2. The number of nitrogens with zero attached hydrogens (tertiary/aromatic N) is 2. The van der Waals surface area contributed by atoms with Crippen molar-refractivity contribution in [3.05, 3.63) is 156 Å². The number of carbonyl (C=O) groups excluding carboxylic acids is 2. The second kappa shape index (κ2) is 16.2. The van der Waals surface area contributed by atoms with Gasteiger partial charge in [-0.3, -0.25) is 0 Å². The molecule has 258 valence electrons. The number of fused-ring (bicyclic) bond motifs is 2. The maximum Gasteiger partial charge on any atom is 0.338 e. The van der Waals surface area contributed by atoms with E-state index in [-0.39, 0.29) is 18.8 Å². The van der Waals surface area contributed by atoms with E-state index in [1.165, 1.54) is 11.1 Å². The van der Waals surface area contributed by atoms with Gasteiger partial charge in [0.15, 0.2) is 0 Å². The minimum Gasteiger partial charge on any atom is -0.459 e. The van der Waals surface area contributed by atoms with Gasteiger partial charge in [0, 0.05) is 46.9 Å². The largest absolute Gasteiger partial charge is 0.459 e. The lowest BCUT2D eigenvalue weighted by Crippen LogP contribution is -2.29. The summed E-state index contributed by atoms with van der Waals surface area (Å²) in [7, 11) is 0. The highest BCUT2D eigenvalue weighted by Crippen LogP contribution is 2.42. The molecule has 0 N–H and O–H groups in total. The van der Waals surface area contributed by atoms with E-state index in [4.69, 9.17) is 13.9 Å². The van der Waals surface area contributed by atoms with Crippen LogP contribution < -0.4 is 14.8 Å². The number of benzene rings is 5. The second-order valence-electron chi connectivity index (χ2n) is 12.4. The Morgan fingerprint density at radius 3 is 2.00 bits per heavy atom. The van der Waals surface area contributed by atoms with Crippen molar-refractivity contribution in [2.24, 2.45) is 0 Å². The van der Waals surface area contributed by atoms with E-state index in [0.29, 0.717) is 24.2 Å². The molecule has 0 spiro atoms. The van der Waals surface area contributed by atoms with Crippen molar-refractivity contribution in [3.8, 4) is 22.5 Å². The van der Waals surface area contributed by atoms with E-state index in [9.17, 15) is 9.59 Å². The normalized spacial score (nSPS) is 11.0. The van der Waals surface area contributed by atoms with Crippen LogP contribution in [0.25, 0.3) is 33.4 Å². The van der Waals surface area contributed by atoms with Crippen molar-refractivity contribution in [2.75, 3.05) is 31.2 Å². The molecule has 0 fully saturated rings. The fraction of sp³-hybridized carbons (Fsp3) is 0.205. The van der Waals surface area contributed by atoms with Gasteiger partial charge >= 0.3 is 11.9 Å². The minimum atomic E-state index is -0.522. The Morgan fingerprint density at radius 2 is 1.35 bits per heavy atom.